The third-order valence-electron chi connectivity index (χ3n) is 5.51. The lowest BCUT2D eigenvalue weighted by Gasteiger charge is -2.19. The smallest absolute Gasteiger partial charge is 0.251 e. The molecule has 2 aromatic carbocycles. The Morgan fingerprint density at radius 1 is 0.789 bits per heavy atom. The summed E-state index contributed by atoms with van der Waals surface area (Å²) in [6, 6.07) is 19.3. The highest BCUT2D eigenvalue weighted by Crippen LogP contribution is 2.15. The molecule has 0 spiro atoms. The molecular weight excluding hydrogens is 482 g/mol. The maximum absolute atomic E-state index is 12.0. The molecule has 1 amide bonds. The van der Waals surface area contributed by atoms with Gasteiger partial charge in [-0.3, -0.25) is 4.79 Å². The van der Waals surface area contributed by atoms with Crippen LogP contribution in [0, 0.1) is 0 Å². The van der Waals surface area contributed by atoms with Crippen molar-refractivity contribution < 1.29 is 14.3 Å². The van der Waals surface area contributed by atoms with Crippen molar-refractivity contribution in [2.24, 2.45) is 0 Å². The van der Waals surface area contributed by atoms with Gasteiger partial charge in [-0.25, -0.2) is 0 Å². The Bertz CT molecular complexity index is 1070. The number of carbonyl (C=O) groups excluding carboxylic acids is 1. The Kier molecular flexibility index (Phi) is 12.8. The first-order valence-electron chi connectivity index (χ1n) is 13.1. The maximum Gasteiger partial charge on any atom is 0.251 e. The molecule has 0 aliphatic heterocycles. The first-order valence-corrected chi connectivity index (χ1v) is 13.1. The molecule has 0 aliphatic carbocycles. The van der Waals surface area contributed by atoms with Gasteiger partial charge in [0.25, 0.3) is 5.91 Å². The fraction of sp³-hybridized carbons (Fsp3) is 0.429. The number of aromatic nitrogens is 3. The van der Waals surface area contributed by atoms with Crippen molar-refractivity contribution in [3.8, 4) is 0 Å². The molecule has 0 saturated carbocycles. The van der Waals surface area contributed by atoms with Crippen LogP contribution in [0.3, 0.4) is 0 Å². The molecule has 3 rings (SSSR count). The van der Waals surface area contributed by atoms with E-state index in [1.165, 1.54) is 5.56 Å². The second kappa shape index (κ2) is 16.9. The van der Waals surface area contributed by atoms with E-state index < -0.39 is 0 Å². The van der Waals surface area contributed by atoms with E-state index in [1.54, 1.807) is 12.1 Å². The van der Waals surface area contributed by atoms with Crippen LogP contribution >= 0.6 is 0 Å². The van der Waals surface area contributed by atoms with E-state index in [0.717, 1.165) is 19.4 Å². The summed E-state index contributed by atoms with van der Waals surface area (Å²) < 4.78 is 11.2. The lowest BCUT2D eigenvalue weighted by atomic mass is 10.2. The van der Waals surface area contributed by atoms with E-state index in [0.29, 0.717) is 69.5 Å². The molecule has 3 N–H and O–H groups in total. The van der Waals surface area contributed by atoms with Crippen LogP contribution in [-0.2, 0) is 16.0 Å². The van der Waals surface area contributed by atoms with Gasteiger partial charge in [0.15, 0.2) is 0 Å². The van der Waals surface area contributed by atoms with Crippen LogP contribution in [0.4, 0.5) is 17.8 Å². The number of carbonyl (C=O) groups is 1. The summed E-state index contributed by atoms with van der Waals surface area (Å²) in [7, 11) is 1.97. The second-order valence-electron chi connectivity index (χ2n) is 8.68. The average Bonchev–Trinajstić information content (AvgIpc) is 2.95. The van der Waals surface area contributed by atoms with E-state index in [4.69, 9.17) is 9.47 Å². The van der Waals surface area contributed by atoms with Crippen molar-refractivity contribution in [2.45, 2.75) is 26.3 Å². The third kappa shape index (κ3) is 10.7. The summed E-state index contributed by atoms with van der Waals surface area (Å²) in [5.41, 5.74) is 1.82. The van der Waals surface area contributed by atoms with Crippen LogP contribution in [0.5, 0.6) is 0 Å². The summed E-state index contributed by atoms with van der Waals surface area (Å²) in [5, 5.41) is 9.36. The predicted molar refractivity (Wildman–Crippen MR) is 151 cm³/mol. The van der Waals surface area contributed by atoms with E-state index in [2.05, 4.69) is 50.0 Å². The van der Waals surface area contributed by atoms with Crippen LogP contribution in [0.15, 0.2) is 60.7 Å². The number of unbranched alkanes of at least 4 members (excludes halogenated alkanes) is 1. The van der Waals surface area contributed by atoms with Gasteiger partial charge in [-0.05, 0) is 24.1 Å². The summed E-state index contributed by atoms with van der Waals surface area (Å²) in [5.74, 6) is 1.55. The van der Waals surface area contributed by atoms with Crippen LogP contribution in [0.1, 0.15) is 35.7 Å². The molecule has 38 heavy (non-hydrogen) atoms. The van der Waals surface area contributed by atoms with Crippen molar-refractivity contribution in [1.29, 1.82) is 0 Å². The largest absolute Gasteiger partial charge is 0.377 e. The van der Waals surface area contributed by atoms with Gasteiger partial charge in [0, 0.05) is 38.8 Å². The van der Waals surface area contributed by atoms with Crippen molar-refractivity contribution in [3.63, 3.8) is 0 Å². The molecular formula is C28H39N7O3. The van der Waals surface area contributed by atoms with Crippen molar-refractivity contribution in [3.05, 3.63) is 71.8 Å². The Labute approximate surface area is 225 Å². The van der Waals surface area contributed by atoms with Crippen molar-refractivity contribution in [1.82, 2.24) is 20.3 Å². The minimum absolute atomic E-state index is 0.104. The summed E-state index contributed by atoms with van der Waals surface area (Å²) in [6.07, 6.45) is 2.13. The highest BCUT2D eigenvalue weighted by atomic mass is 16.5. The zero-order valence-corrected chi connectivity index (χ0v) is 22.4. The molecule has 10 heteroatoms. The molecule has 0 fully saturated rings. The highest BCUT2D eigenvalue weighted by Gasteiger charge is 2.11. The average molecular weight is 522 g/mol. The van der Waals surface area contributed by atoms with Gasteiger partial charge in [-0.1, -0.05) is 61.9 Å². The molecule has 10 nitrogen and oxygen atoms in total. The number of amides is 1. The number of nitrogens with zero attached hydrogens (tertiary/aromatic N) is 4. The lowest BCUT2D eigenvalue weighted by Crippen LogP contribution is -2.27. The number of anilines is 3. The molecule has 0 aliphatic rings. The van der Waals surface area contributed by atoms with Gasteiger partial charge in [-0.15, -0.1) is 0 Å². The van der Waals surface area contributed by atoms with E-state index in [9.17, 15) is 4.79 Å². The molecule has 0 saturated heterocycles. The summed E-state index contributed by atoms with van der Waals surface area (Å²) >= 11 is 0. The molecule has 204 valence electrons. The Morgan fingerprint density at radius 2 is 1.39 bits per heavy atom. The first kappa shape index (κ1) is 28.8. The number of benzene rings is 2. The van der Waals surface area contributed by atoms with Gasteiger partial charge in [0.2, 0.25) is 17.8 Å². The molecule has 0 bridgehead atoms. The maximum atomic E-state index is 12.0. The zero-order valence-electron chi connectivity index (χ0n) is 22.4. The van der Waals surface area contributed by atoms with Gasteiger partial charge in [-0.2, -0.15) is 15.0 Å². The second-order valence-corrected chi connectivity index (χ2v) is 8.68. The van der Waals surface area contributed by atoms with Gasteiger partial charge in [0.05, 0.1) is 26.4 Å². The molecule has 1 aromatic heterocycles. The Balaban J connectivity index is 1.36. The normalized spacial score (nSPS) is 10.7. The third-order valence-corrected chi connectivity index (χ3v) is 5.51. The fourth-order valence-corrected chi connectivity index (χ4v) is 3.48. The number of ether oxygens (including phenoxy) is 2. The van der Waals surface area contributed by atoms with Gasteiger partial charge >= 0.3 is 0 Å². The van der Waals surface area contributed by atoms with Crippen molar-refractivity contribution in [2.75, 3.05) is 68.6 Å². The zero-order chi connectivity index (χ0) is 26.8. The van der Waals surface area contributed by atoms with E-state index in [-0.39, 0.29) is 5.91 Å². The van der Waals surface area contributed by atoms with Crippen LogP contribution in [0.25, 0.3) is 0 Å². The summed E-state index contributed by atoms with van der Waals surface area (Å²) in [4.78, 5) is 27.7. The highest BCUT2D eigenvalue weighted by molar-refractivity contribution is 5.94. The van der Waals surface area contributed by atoms with Gasteiger partial charge < -0.3 is 30.3 Å². The van der Waals surface area contributed by atoms with E-state index in [1.807, 2.05) is 48.3 Å². The lowest BCUT2D eigenvalue weighted by molar-refractivity contribution is 0.0519. The predicted octanol–water partition coefficient (Wildman–Crippen LogP) is 3.60. The van der Waals surface area contributed by atoms with Crippen LogP contribution in [-0.4, -0.2) is 74.0 Å². The molecule has 0 radical (unpaired) electrons. The molecule has 1 heterocycles. The Morgan fingerprint density at radius 3 is 2.05 bits per heavy atom. The topological polar surface area (TPSA) is 114 Å². The molecule has 0 unspecified atom stereocenters. The fourth-order valence-electron chi connectivity index (χ4n) is 3.48. The Hall–Kier alpha value is -3.76. The van der Waals surface area contributed by atoms with Crippen LogP contribution in [0.2, 0.25) is 0 Å². The monoisotopic (exact) mass is 521 g/mol. The minimum atomic E-state index is -0.104. The number of nitrogens with one attached hydrogen (secondary N) is 3. The van der Waals surface area contributed by atoms with Crippen molar-refractivity contribution >= 4 is 23.8 Å². The first-order chi connectivity index (χ1) is 18.7. The van der Waals surface area contributed by atoms with Gasteiger partial charge in [0.1, 0.15) is 0 Å². The number of hydrogen-bond acceptors (Lipinski definition) is 9. The SMILES string of the molecule is CCCCNc1nc(NCCOCCOCCNC(=O)c2ccccc2)nc(N(C)Cc2ccccc2)n1. The van der Waals surface area contributed by atoms with E-state index >= 15 is 0 Å². The standard InChI is InChI=1S/C28H39N7O3/c1-3-4-15-30-26-32-27(34-28(33-26)35(2)22-23-11-7-5-8-12-23)31-17-19-38-21-20-37-18-16-29-25(36)24-13-9-6-10-14-24/h5-14H,3-4,15-22H2,1-2H3,(H,29,36)(H2,30,31,32,33,34). The minimum Gasteiger partial charge on any atom is -0.377 e. The molecule has 0 atom stereocenters. The number of rotatable bonds is 18. The quantitative estimate of drug-likeness (QED) is 0.216. The van der Waals surface area contributed by atoms with Crippen LogP contribution < -0.4 is 20.9 Å². The summed E-state index contributed by atoms with van der Waals surface area (Å²) in [6.45, 7) is 6.46. The number of hydrogen-bond donors (Lipinski definition) is 3. The molecule has 3 aromatic rings.